The Morgan fingerprint density at radius 1 is 1.19 bits per heavy atom. The number of hydrogen-bond donors (Lipinski definition) is 1. The maximum absolute atomic E-state index is 9.42. The van der Waals surface area contributed by atoms with E-state index in [9.17, 15) is 5.11 Å². The van der Waals surface area contributed by atoms with Gasteiger partial charge in [-0.2, -0.15) is 0 Å². The highest BCUT2D eigenvalue weighted by Crippen LogP contribution is 2.38. The summed E-state index contributed by atoms with van der Waals surface area (Å²) in [6, 6.07) is 13.0. The minimum Gasteiger partial charge on any atom is -0.467 e. The van der Waals surface area contributed by atoms with Crippen molar-refractivity contribution in [3.63, 3.8) is 0 Å². The molecule has 27 heavy (non-hydrogen) atoms. The lowest BCUT2D eigenvalue weighted by atomic mass is 9.86. The zero-order valence-electron chi connectivity index (χ0n) is 15.5. The SMILES string of the molecule is OCCCN(Cc1cc(Cl)cc2c1OCOC2)C1CCCc2ccccc21. The van der Waals surface area contributed by atoms with Gasteiger partial charge in [0.15, 0.2) is 6.79 Å². The van der Waals surface area contributed by atoms with Gasteiger partial charge in [-0.1, -0.05) is 35.9 Å². The van der Waals surface area contributed by atoms with Crippen LogP contribution in [0.25, 0.3) is 0 Å². The van der Waals surface area contributed by atoms with Crippen molar-refractivity contribution in [1.82, 2.24) is 4.90 Å². The van der Waals surface area contributed by atoms with E-state index in [-0.39, 0.29) is 13.4 Å². The summed E-state index contributed by atoms with van der Waals surface area (Å²) in [6.45, 7) is 2.61. The van der Waals surface area contributed by atoms with Crippen LogP contribution in [-0.4, -0.2) is 30.0 Å². The summed E-state index contributed by atoms with van der Waals surface area (Å²) in [5.41, 5.74) is 4.97. The van der Waals surface area contributed by atoms with Crippen LogP contribution >= 0.6 is 11.6 Å². The molecule has 4 nitrogen and oxygen atoms in total. The van der Waals surface area contributed by atoms with Gasteiger partial charge in [0, 0.05) is 41.9 Å². The number of fused-ring (bicyclic) bond motifs is 2. The van der Waals surface area contributed by atoms with Crippen molar-refractivity contribution >= 4 is 11.6 Å². The molecule has 1 unspecified atom stereocenters. The average molecular weight is 388 g/mol. The first-order valence-corrected chi connectivity index (χ1v) is 10.1. The number of hydrogen-bond acceptors (Lipinski definition) is 4. The highest BCUT2D eigenvalue weighted by atomic mass is 35.5. The minimum absolute atomic E-state index is 0.197. The maximum Gasteiger partial charge on any atom is 0.189 e. The van der Waals surface area contributed by atoms with Gasteiger partial charge < -0.3 is 14.6 Å². The lowest BCUT2D eigenvalue weighted by Gasteiger charge is -2.36. The van der Waals surface area contributed by atoms with Crippen LogP contribution in [0.4, 0.5) is 0 Å². The first-order valence-electron chi connectivity index (χ1n) is 9.71. The lowest BCUT2D eigenvalue weighted by molar-refractivity contribution is -0.0177. The Kier molecular flexibility index (Phi) is 5.98. The highest BCUT2D eigenvalue weighted by Gasteiger charge is 2.27. The minimum atomic E-state index is 0.197. The normalized spacial score (nSPS) is 18.7. The largest absolute Gasteiger partial charge is 0.467 e. The van der Waals surface area contributed by atoms with E-state index in [0.29, 0.717) is 17.7 Å². The van der Waals surface area contributed by atoms with Crippen LogP contribution in [-0.2, 0) is 24.3 Å². The Morgan fingerprint density at radius 2 is 2.07 bits per heavy atom. The van der Waals surface area contributed by atoms with E-state index in [1.807, 2.05) is 12.1 Å². The van der Waals surface area contributed by atoms with Crippen LogP contribution < -0.4 is 4.74 Å². The molecular formula is C22H26ClNO3. The first-order chi connectivity index (χ1) is 13.3. The second kappa shape index (κ2) is 8.61. The monoisotopic (exact) mass is 387 g/mol. The summed E-state index contributed by atoms with van der Waals surface area (Å²) in [5, 5.41) is 10.1. The molecule has 144 valence electrons. The quantitative estimate of drug-likeness (QED) is 0.794. The van der Waals surface area contributed by atoms with Gasteiger partial charge in [-0.15, -0.1) is 0 Å². The first kappa shape index (κ1) is 18.8. The van der Waals surface area contributed by atoms with Gasteiger partial charge in [-0.25, -0.2) is 0 Å². The van der Waals surface area contributed by atoms with Gasteiger partial charge in [-0.05, 0) is 48.9 Å². The van der Waals surface area contributed by atoms with Crippen LogP contribution in [0.2, 0.25) is 5.02 Å². The number of halogens is 1. The molecular weight excluding hydrogens is 362 g/mol. The van der Waals surface area contributed by atoms with Crippen molar-refractivity contribution in [2.24, 2.45) is 0 Å². The standard InChI is InChI=1S/C22H26ClNO3/c23-19-11-17(22-18(12-19)14-26-15-27-22)13-24(9-4-10-25)21-8-3-6-16-5-1-2-7-20(16)21/h1-2,5,7,11-12,21,25H,3-4,6,8-10,13-15H2. The molecule has 0 fully saturated rings. The third kappa shape index (κ3) is 4.14. The van der Waals surface area contributed by atoms with E-state index in [4.69, 9.17) is 21.1 Å². The van der Waals surface area contributed by atoms with Crippen LogP contribution in [0, 0.1) is 0 Å². The van der Waals surface area contributed by atoms with Crippen LogP contribution in [0.3, 0.4) is 0 Å². The predicted octanol–water partition coefficient (Wildman–Crippen LogP) is 4.47. The molecule has 0 spiro atoms. The van der Waals surface area contributed by atoms with Crippen molar-refractivity contribution in [2.75, 3.05) is 19.9 Å². The molecule has 2 aromatic rings. The molecule has 1 heterocycles. The second-order valence-electron chi connectivity index (χ2n) is 7.32. The molecule has 4 rings (SSSR count). The fraction of sp³-hybridized carbons (Fsp3) is 0.455. The number of rotatable bonds is 6. The predicted molar refractivity (Wildman–Crippen MR) is 106 cm³/mol. The Balaban J connectivity index is 1.66. The summed E-state index contributed by atoms with van der Waals surface area (Å²) < 4.78 is 11.2. The van der Waals surface area contributed by atoms with E-state index in [0.717, 1.165) is 49.2 Å². The smallest absolute Gasteiger partial charge is 0.189 e. The third-order valence-corrected chi connectivity index (χ3v) is 5.73. The van der Waals surface area contributed by atoms with Gasteiger partial charge in [0.1, 0.15) is 5.75 Å². The van der Waals surface area contributed by atoms with Crippen molar-refractivity contribution in [1.29, 1.82) is 0 Å². The number of aliphatic hydroxyl groups excluding tert-OH is 1. The van der Waals surface area contributed by atoms with Crippen LogP contribution in [0.5, 0.6) is 5.75 Å². The maximum atomic E-state index is 9.42. The zero-order valence-corrected chi connectivity index (χ0v) is 16.3. The van der Waals surface area contributed by atoms with Crippen molar-refractivity contribution < 1.29 is 14.6 Å². The lowest BCUT2D eigenvalue weighted by Crippen LogP contribution is -2.32. The second-order valence-corrected chi connectivity index (χ2v) is 7.75. The van der Waals surface area contributed by atoms with E-state index in [1.54, 1.807) is 0 Å². The molecule has 1 atom stereocenters. The fourth-order valence-electron chi connectivity index (χ4n) is 4.32. The Bertz CT molecular complexity index is 795. The number of aryl methyl sites for hydroxylation is 1. The summed E-state index contributed by atoms with van der Waals surface area (Å²) in [5.74, 6) is 0.906. The van der Waals surface area contributed by atoms with Crippen molar-refractivity contribution in [2.45, 2.75) is 44.9 Å². The molecule has 0 aromatic heterocycles. The van der Waals surface area contributed by atoms with Gasteiger partial charge in [0.05, 0.1) is 6.61 Å². The van der Waals surface area contributed by atoms with E-state index < -0.39 is 0 Å². The highest BCUT2D eigenvalue weighted by molar-refractivity contribution is 6.30. The van der Waals surface area contributed by atoms with E-state index in [1.165, 1.54) is 17.5 Å². The van der Waals surface area contributed by atoms with Crippen molar-refractivity contribution in [3.8, 4) is 5.75 Å². The van der Waals surface area contributed by atoms with E-state index in [2.05, 4.69) is 29.2 Å². The molecule has 0 radical (unpaired) electrons. The van der Waals surface area contributed by atoms with Crippen molar-refractivity contribution in [3.05, 3.63) is 63.7 Å². The number of aliphatic hydroxyl groups is 1. The molecule has 2 aliphatic rings. The summed E-state index contributed by atoms with van der Waals surface area (Å²) in [7, 11) is 0. The number of nitrogens with zero attached hydrogens (tertiary/aromatic N) is 1. The molecule has 5 heteroatoms. The summed E-state index contributed by atoms with van der Waals surface area (Å²) in [6.07, 6.45) is 4.23. The van der Waals surface area contributed by atoms with Crippen LogP contribution in [0.15, 0.2) is 36.4 Å². The summed E-state index contributed by atoms with van der Waals surface area (Å²) >= 11 is 6.37. The van der Waals surface area contributed by atoms with Gasteiger partial charge in [-0.3, -0.25) is 4.90 Å². The molecule has 0 bridgehead atoms. The topological polar surface area (TPSA) is 41.9 Å². The Hall–Kier alpha value is -1.59. The Morgan fingerprint density at radius 3 is 2.96 bits per heavy atom. The molecule has 1 N–H and O–H groups in total. The van der Waals surface area contributed by atoms with E-state index >= 15 is 0 Å². The molecule has 1 aliphatic heterocycles. The molecule has 0 saturated carbocycles. The molecule has 1 aliphatic carbocycles. The number of ether oxygens (including phenoxy) is 2. The van der Waals surface area contributed by atoms with Crippen LogP contribution in [0.1, 0.15) is 47.6 Å². The average Bonchev–Trinajstić information content (AvgIpc) is 2.70. The van der Waals surface area contributed by atoms with Gasteiger partial charge in [0.25, 0.3) is 0 Å². The summed E-state index contributed by atoms with van der Waals surface area (Å²) in [4.78, 5) is 2.47. The molecule has 0 amide bonds. The third-order valence-electron chi connectivity index (χ3n) is 5.51. The van der Waals surface area contributed by atoms with Gasteiger partial charge >= 0.3 is 0 Å². The molecule has 2 aromatic carbocycles. The Labute approximate surface area is 165 Å². The fourth-order valence-corrected chi connectivity index (χ4v) is 4.58. The number of benzene rings is 2. The molecule has 0 saturated heterocycles. The van der Waals surface area contributed by atoms with Gasteiger partial charge in [0.2, 0.25) is 0 Å². The zero-order chi connectivity index (χ0) is 18.6.